The molecule has 0 saturated heterocycles. The molecular weight excluding hydrogens is 624 g/mol. The summed E-state index contributed by atoms with van der Waals surface area (Å²) in [6, 6.07) is 19.4. The fourth-order valence-corrected chi connectivity index (χ4v) is 7.57. The smallest absolute Gasteiger partial charge is 0.269 e. The minimum absolute atomic E-state index is 0.0411. The van der Waals surface area contributed by atoms with E-state index in [1.54, 1.807) is 42.2 Å². The van der Waals surface area contributed by atoms with Crippen molar-refractivity contribution in [1.29, 1.82) is 0 Å². The highest BCUT2D eigenvalue weighted by atomic mass is 32.2. The molecule has 1 fully saturated rings. The van der Waals surface area contributed by atoms with Gasteiger partial charge in [-0.05, 0) is 35.4 Å². The number of aryl methyl sites for hydroxylation is 1. The second kappa shape index (κ2) is 12.7. The van der Waals surface area contributed by atoms with Gasteiger partial charge in [0.1, 0.15) is 17.3 Å². The molecule has 0 spiro atoms. The summed E-state index contributed by atoms with van der Waals surface area (Å²) in [7, 11) is -3.76. The van der Waals surface area contributed by atoms with Crippen molar-refractivity contribution in [2.45, 2.75) is 61.8 Å². The highest BCUT2D eigenvalue weighted by Gasteiger charge is 2.47. The third-order valence-corrected chi connectivity index (χ3v) is 11.7. The molecule has 1 saturated carbocycles. The highest BCUT2D eigenvalue weighted by Crippen LogP contribution is 2.47. The number of para-hydroxylation sites is 1. The predicted octanol–water partition coefficient (Wildman–Crippen LogP) is 6.21. The van der Waals surface area contributed by atoms with Gasteiger partial charge < -0.3 is 9.47 Å². The molecule has 3 heterocycles. The Morgan fingerprint density at radius 2 is 1.83 bits per heavy atom. The first-order valence-electron chi connectivity index (χ1n) is 15.3. The number of halogens is 1. The molecule has 0 bridgehead atoms. The van der Waals surface area contributed by atoms with Crippen molar-refractivity contribution in [3.05, 3.63) is 96.6 Å². The number of sulfonamides is 1. The maximum atomic E-state index is 15.9. The first-order chi connectivity index (χ1) is 21.9. The summed E-state index contributed by atoms with van der Waals surface area (Å²) < 4.78 is 60.5. The van der Waals surface area contributed by atoms with Crippen LogP contribution < -0.4 is 4.31 Å². The van der Waals surface area contributed by atoms with Crippen molar-refractivity contribution in [3.8, 4) is 5.82 Å². The lowest BCUT2D eigenvalue weighted by molar-refractivity contribution is -0.107. The van der Waals surface area contributed by atoms with Gasteiger partial charge in [-0.3, -0.25) is 4.68 Å². The topological polar surface area (TPSA) is 104 Å². The molecular formula is C33H39FN6O4SSi. The number of hydrogen-bond acceptors (Lipinski definition) is 7. The molecule has 5 aromatic rings. The second-order valence-corrected chi connectivity index (χ2v) is 20.5. The van der Waals surface area contributed by atoms with Gasteiger partial charge in [0.15, 0.2) is 5.82 Å². The van der Waals surface area contributed by atoms with Crippen LogP contribution in [0.1, 0.15) is 24.0 Å². The van der Waals surface area contributed by atoms with Crippen molar-refractivity contribution in [2.24, 2.45) is 7.05 Å². The molecule has 242 valence electrons. The minimum atomic E-state index is -4.14. The van der Waals surface area contributed by atoms with Crippen LogP contribution in [0.2, 0.25) is 25.7 Å². The number of hydrogen-bond donors (Lipinski definition) is 0. The summed E-state index contributed by atoms with van der Waals surface area (Å²) in [6.07, 6.45) is 6.17. The normalized spacial score (nSPS) is 18.5. The van der Waals surface area contributed by atoms with Crippen molar-refractivity contribution in [1.82, 2.24) is 24.5 Å². The predicted molar refractivity (Wildman–Crippen MR) is 178 cm³/mol. The number of benzene rings is 2. The number of anilines is 1. The number of ether oxygens (including phenoxy) is 2. The average molecular weight is 663 g/mol. The lowest BCUT2D eigenvalue weighted by Crippen LogP contribution is -2.42. The summed E-state index contributed by atoms with van der Waals surface area (Å²) in [5.41, 5.74) is 1.06. The Kier molecular flexibility index (Phi) is 8.85. The van der Waals surface area contributed by atoms with Gasteiger partial charge in [-0.1, -0.05) is 62.1 Å². The quantitative estimate of drug-likeness (QED) is 0.0840. The third kappa shape index (κ3) is 6.77. The molecule has 1 aliphatic rings. The Morgan fingerprint density at radius 3 is 2.59 bits per heavy atom. The van der Waals surface area contributed by atoms with E-state index < -0.39 is 23.8 Å². The van der Waals surface area contributed by atoms with Crippen LogP contribution in [0, 0.1) is 0 Å². The van der Waals surface area contributed by atoms with E-state index in [1.165, 1.54) is 27.6 Å². The molecule has 6 rings (SSSR count). The van der Waals surface area contributed by atoms with E-state index in [-0.39, 0.29) is 30.6 Å². The monoisotopic (exact) mass is 662 g/mol. The molecule has 0 amide bonds. The molecule has 0 aliphatic heterocycles. The minimum Gasteiger partial charge on any atom is -0.373 e. The van der Waals surface area contributed by atoms with E-state index in [0.717, 1.165) is 17.0 Å². The van der Waals surface area contributed by atoms with Gasteiger partial charge in [-0.15, -0.1) is 0 Å². The molecule has 0 N–H and O–H groups in total. The standard InChI is InChI=1S/C33H39FN6O4SSi/c1-38-32-26(20-36-38)11-8-12-30(32)40(24-43-15-16-46(2,3)4)45(41,42)29-21-37-39(22-29)31-17-27(13-14-35-31)33(34)18-28(19-33)44-23-25-9-6-5-7-10-25/h5-14,17,20-22,28H,15-16,18-19,23-24H2,1-4H3. The van der Waals surface area contributed by atoms with Gasteiger partial charge >= 0.3 is 0 Å². The highest BCUT2D eigenvalue weighted by molar-refractivity contribution is 7.92. The van der Waals surface area contributed by atoms with Crippen LogP contribution in [0.4, 0.5) is 10.1 Å². The van der Waals surface area contributed by atoms with Crippen LogP contribution in [-0.4, -0.2) is 60.5 Å². The van der Waals surface area contributed by atoms with E-state index in [2.05, 4.69) is 34.8 Å². The molecule has 1 aliphatic carbocycles. The zero-order chi connectivity index (χ0) is 32.5. The number of pyridine rings is 1. The number of nitrogens with zero attached hydrogens (tertiary/aromatic N) is 6. The fourth-order valence-electron chi connectivity index (χ4n) is 5.53. The van der Waals surface area contributed by atoms with Crippen LogP contribution in [0.15, 0.2) is 90.3 Å². The molecule has 13 heteroatoms. The number of fused-ring (bicyclic) bond motifs is 1. The zero-order valence-electron chi connectivity index (χ0n) is 26.5. The van der Waals surface area contributed by atoms with E-state index in [0.29, 0.717) is 35.8 Å². The summed E-state index contributed by atoms with van der Waals surface area (Å²) in [4.78, 5) is 4.32. The number of alkyl halides is 1. The summed E-state index contributed by atoms with van der Waals surface area (Å²) in [6.45, 7) is 7.44. The van der Waals surface area contributed by atoms with Gasteiger partial charge in [-0.25, -0.2) is 26.8 Å². The SMILES string of the molecule is Cn1ncc2cccc(N(COCC[Si](C)(C)C)S(=O)(=O)c3cnn(-c4cc(C5(F)CC(OCc6ccccc6)C5)ccn4)c3)c21. The Labute approximate surface area is 269 Å². The van der Waals surface area contributed by atoms with E-state index in [1.807, 2.05) is 36.4 Å². The molecule has 0 radical (unpaired) electrons. The van der Waals surface area contributed by atoms with Crippen molar-refractivity contribution in [2.75, 3.05) is 17.6 Å². The molecule has 0 unspecified atom stereocenters. The fraction of sp³-hybridized carbons (Fsp3) is 0.364. The maximum Gasteiger partial charge on any atom is 0.269 e. The van der Waals surface area contributed by atoms with Gasteiger partial charge in [-0.2, -0.15) is 10.2 Å². The van der Waals surface area contributed by atoms with E-state index in [9.17, 15) is 8.42 Å². The van der Waals surface area contributed by atoms with Crippen molar-refractivity contribution < 1.29 is 22.3 Å². The van der Waals surface area contributed by atoms with Crippen LogP contribution in [-0.2, 0) is 38.8 Å². The number of aromatic nitrogens is 5. The lowest BCUT2D eigenvalue weighted by atomic mass is 9.74. The summed E-state index contributed by atoms with van der Waals surface area (Å²) >= 11 is 0. The lowest BCUT2D eigenvalue weighted by Gasteiger charge is -2.41. The molecule has 3 aromatic heterocycles. The Bertz CT molecular complexity index is 1920. The summed E-state index contributed by atoms with van der Waals surface area (Å²) in [5.74, 6) is 0.316. The van der Waals surface area contributed by atoms with Gasteiger partial charge in [0.05, 0.1) is 42.5 Å². The van der Waals surface area contributed by atoms with Gasteiger partial charge in [0.2, 0.25) is 0 Å². The van der Waals surface area contributed by atoms with Crippen LogP contribution in [0.25, 0.3) is 16.7 Å². The average Bonchev–Trinajstić information content (AvgIpc) is 3.67. The van der Waals surface area contributed by atoms with Crippen LogP contribution in [0.3, 0.4) is 0 Å². The zero-order valence-corrected chi connectivity index (χ0v) is 28.3. The Morgan fingerprint density at radius 1 is 1.04 bits per heavy atom. The molecule has 46 heavy (non-hydrogen) atoms. The van der Waals surface area contributed by atoms with Gasteiger partial charge in [0, 0.05) is 46.2 Å². The van der Waals surface area contributed by atoms with E-state index >= 15 is 4.39 Å². The summed E-state index contributed by atoms with van der Waals surface area (Å²) in [5, 5.41) is 9.46. The Hall–Kier alpha value is -3.91. The molecule has 2 aromatic carbocycles. The Balaban J connectivity index is 1.22. The molecule has 0 atom stereocenters. The van der Waals surface area contributed by atoms with Crippen molar-refractivity contribution in [3.63, 3.8) is 0 Å². The van der Waals surface area contributed by atoms with E-state index in [4.69, 9.17) is 9.47 Å². The van der Waals surface area contributed by atoms with Crippen LogP contribution in [0.5, 0.6) is 0 Å². The first-order valence-corrected chi connectivity index (χ1v) is 20.4. The number of rotatable bonds is 13. The van der Waals surface area contributed by atoms with Gasteiger partial charge in [0.25, 0.3) is 10.0 Å². The third-order valence-electron chi connectivity index (χ3n) is 8.29. The second-order valence-electron chi connectivity index (χ2n) is 13.0. The largest absolute Gasteiger partial charge is 0.373 e. The van der Waals surface area contributed by atoms with Crippen molar-refractivity contribution >= 4 is 34.7 Å². The first kappa shape index (κ1) is 32.0. The van der Waals surface area contributed by atoms with Crippen LogP contribution >= 0.6 is 0 Å². The maximum absolute atomic E-state index is 15.9. The molecule has 10 nitrogen and oxygen atoms in total.